The van der Waals surface area contributed by atoms with Crippen molar-refractivity contribution in [3.05, 3.63) is 0 Å². The SMILES string of the molecule is COC(=O)C(CC(C)C)NCC(C)O. The highest BCUT2D eigenvalue weighted by molar-refractivity contribution is 5.75. The molecule has 0 aromatic rings. The van der Waals surface area contributed by atoms with Crippen molar-refractivity contribution < 1.29 is 14.6 Å². The van der Waals surface area contributed by atoms with E-state index in [1.165, 1.54) is 7.11 Å². The van der Waals surface area contributed by atoms with Gasteiger partial charge in [0.25, 0.3) is 0 Å². The Kier molecular flexibility index (Phi) is 6.49. The zero-order valence-electron chi connectivity index (χ0n) is 9.41. The molecule has 84 valence electrons. The number of ether oxygens (including phenoxy) is 1. The van der Waals surface area contributed by atoms with E-state index in [9.17, 15) is 4.79 Å². The van der Waals surface area contributed by atoms with Gasteiger partial charge in [0.15, 0.2) is 0 Å². The normalized spacial score (nSPS) is 15.3. The Labute approximate surface area is 85.6 Å². The number of hydrogen-bond donors (Lipinski definition) is 2. The zero-order valence-corrected chi connectivity index (χ0v) is 9.41. The summed E-state index contributed by atoms with van der Waals surface area (Å²) in [5.74, 6) is 0.153. The van der Waals surface area contributed by atoms with Gasteiger partial charge in [-0.25, -0.2) is 0 Å². The third-order valence-corrected chi connectivity index (χ3v) is 1.85. The fourth-order valence-electron chi connectivity index (χ4n) is 1.19. The first-order valence-electron chi connectivity index (χ1n) is 4.96. The van der Waals surface area contributed by atoms with Crippen LogP contribution in [0.15, 0.2) is 0 Å². The van der Waals surface area contributed by atoms with E-state index in [0.717, 1.165) is 6.42 Å². The van der Waals surface area contributed by atoms with Crippen molar-refractivity contribution in [1.29, 1.82) is 0 Å². The number of aliphatic hydroxyl groups excluding tert-OH is 1. The van der Waals surface area contributed by atoms with Gasteiger partial charge in [0.2, 0.25) is 0 Å². The van der Waals surface area contributed by atoms with Gasteiger partial charge in [0.1, 0.15) is 6.04 Å². The maximum Gasteiger partial charge on any atom is 0.322 e. The molecule has 4 nitrogen and oxygen atoms in total. The summed E-state index contributed by atoms with van der Waals surface area (Å²) >= 11 is 0. The number of hydrogen-bond acceptors (Lipinski definition) is 4. The fourth-order valence-corrected chi connectivity index (χ4v) is 1.19. The second-order valence-corrected chi connectivity index (χ2v) is 3.96. The minimum atomic E-state index is -0.450. The van der Waals surface area contributed by atoms with Crippen LogP contribution in [0.3, 0.4) is 0 Å². The largest absolute Gasteiger partial charge is 0.468 e. The maximum atomic E-state index is 11.3. The van der Waals surface area contributed by atoms with Gasteiger partial charge < -0.3 is 15.2 Å². The second kappa shape index (κ2) is 6.79. The standard InChI is InChI=1S/C10H21NO3/c1-7(2)5-9(10(13)14-4)11-6-8(3)12/h7-9,11-12H,5-6H2,1-4H3. The van der Waals surface area contributed by atoms with Gasteiger partial charge in [0, 0.05) is 6.54 Å². The quantitative estimate of drug-likeness (QED) is 0.619. The summed E-state index contributed by atoms with van der Waals surface area (Å²) in [6.45, 7) is 6.17. The van der Waals surface area contributed by atoms with Gasteiger partial charge in [-0.05, 0) is 19.3 Å². The summed E-state index contributed by atoms with van der Waals surface area (Å²) in [5, 5.41) is 12.1. The number of rotatable bonds is 6. The smallest absolute Gasteiger partial charge is 0.322 e. The van der Waals surface area contributed by atoms with E-state index in [0.29, 0.717) is 12.5 Å². The molecular weight excluding hydrogens is 182 g/mol. The monoisotopic (exact) mass is 203 g/mol. The summed E-state index contributed by atoms with van der Waals surface area (Å²) < 4.78 is 4.66. The number of esters is 1. The highest BCUT2D eigenvalue weighted by atomic mass is 16.5. The molecule has 0 fully saturated rings. The van der Waals surface area contributed by atoms with Crippen LogP contribution in [-0.2, 0) is 9.53 Å². The Morgan fingerprint density at radius 1 is 1.43 bits per heavy atom. The molecule has 0 radical (unpaired) electrons. The van der Waals surface area contributed by atoms with Crippen LogP contribution < -0.4 is 5.32 Å². The average Bonchev–Trinajstić information content (AvgIpc) is 2.10. The molecule has 0 saturated heterocycles. The Morgan fingerprint density at radius 2 is 2.00 bits per heavy atom. The van der Waals surface area contributed by atoms with Crippen molar-refractivity contribution in [1.82, 2.24) is 5.32 Å². The van der Waals surface area contributed by atoms with Crippen LogP contribution in [0.2, 0.25) is 0 Å². The van der Waals surface area contributed by atoms with Crippen molar-refractivity contribution in [3.8, 4) is 0 Å². The first-order valence-corrected chi connectivity index (χ1v) is 4.96. The van der Waals surface area contributed by atoms with Crippen molar-refractivity contribution in [2.24, 2.45) is 5.92 Å². The number of carbonyl (C=O) groups excluding carboxylic acids is 1. The third kappa shape index (κ3) is 5.94. The number of carbonyl (C=O) groups is 1. The molecule has 4 heteroatoms. The molecule has 0 rings (SSSR count). The van der Waals surface area contributed by atoms with Crippen LogP contribution in [0.4, 0.5) is 0 Å². The maximum absolute atomic E-state index is 11.3. The van der Waals surface area contributed by atoms with Crippen LogP contribution >= 0.6 is 0 Å². The molecule has 0 aliphatic heterocycles. The second-order valence-electron chi connectivity index (χ2n) is 3.96. The van der Waals surface area contributed by atoms with Crippen molar-refractivity contribution in [2.75, 3.05) is 13.7 Å². The van der Waals surface area contributed by atoms with E-state index in [-0.39, 0.29) is 12.0 Å². The topological polar surface area (TPSA) is 58.6 Å². The summed E-state index contributed by atoms with van der Waals surface area (Å²) in [6.07, 6.45) is 0.272. The molecule has 0 heterocycles. The first kappa shape index (κ1) is 13.4. The number of methoxy groups -OCH3 is 1. The Hall–Kier alpha value is -0.610. The molecule has 0 aliphatic carbocycles. The lowest BCUT2D eigenvalue weighted by Crippen LogP contribution is -2.41. The summed E-state index contributed by atoms with van der Waals surface area (Å²) in [6, 6.07) is -0.311. The molecule has 0 spiro atoms. The summed E-state index contributed by atoms with van der Waals surface area (Å²) in [4.78, 5) is 11.3. The molecule has 0 amide bonds. The molecule has 0 aromatic heterocycles. The van der Waals surface area contributed by atoms with Crippen molar-refractivity contribution in [3.63, 3.8) is 0 Å². The van der Waals surface area contributed by atoms with Gasteiger partial charge >= 0.3 is 5.97 Å². The van der Waals surface area contributed by atoms with Crippen LogP contribution in [-0.4, -0.2) is 36.9 Å². The lowest BCUT2D eigenvalue weighted by atomic mass is 10.0. The molecule has 2 N–H and O–H groups in total. The van der Waals surface area contributed by atoms with E-state index >= 15 is 0 Å². The van der Waals surface area contributed by atoms with Gasteiger partial charge in [-0.2, -0.15) is 0 Å². The highest BCUT2D eigenvalue weighted by Gasteiger charge is 2.19. The van der Waals surface area contributed by atoms with Crippen molar-refractivity contribution >= 4 is 5.97 Å². The molecular formula is C10H21NO3. The predicted molar refractivity (Wildman–Crippen MR) is 54.9 cm³/mol. The Bertz CT molecular complexity index is 169. The minimum Gasteiger partial charge on any atom is -0.468 e. The Balaban J connectivity index is 4.04. The molecule has 2 atom stereocenters. The molecule has 0 bridgehead atoms. The molecule has 0 aromatic carbocycles. The van der Waals surface area contributed by atoms with Gasteiger partial charge in [-0.3, -0.25) is 4.79 Å². The molecule has 0 aliphatic rings. The fraction of sp³-hybridized carbons (Fsp3) is 0.900. The van der Waals surface area contributed by atoms with Gasteiger partial charge in [-0.15, -0.1) is 0 Å². The zero-order chi connectivity index (χ0) is 11.1. The van der Waals surface area contributed by atoms with E-state index in [1.54, 1.807) is 6.92 Å². The molecule has 0 saturated carbocycles. The summed E-state index contributed by atoms with van der Waals surface area (Å²) in [7, 11) is 1.37. The Morgan fingerprint density at radius 3 is 2.36 bits per heavy atom. The molecule has 2 unspecified atom stereocenters. The van der Waals surface area contributed by atoms with E-state index in [1.807, 2.05) is 13.8 Å². The first-order chi connectivity index (χ1) is 6.47. The number of aliphatic hydroxyl groups is 1. The van der Waals surface area contributed by atoms with E-state index in [2.05, 4.69) is 10.1 Å². The third-order valence-electron chi connectivity index (χ3n) is 1.85. The highest BCUT2D eigenvalue weighted by Crippen LogP contribution is 2.06. The van der Waals surface area contributed by atoms with Gasteiger partial charge in [-0.1, -0.05) is 13.8 Å². The number of nitrogens with one attached hydrogen (secondary N) is 1. The van der Waals surface area contributed by atoms with Crippen LogP contribution in [0.1, 0.15) is 27.2 Å². The summed E-state index contributed by atoms with van der Waals surface area (Å²) in [5.41, 5.74) is 0. The minimum absolute atomic E-state index is 0.264. The van der Waals surface area contributed by atoms with Crippen LogP contribution in [0.25, 0.3) is 0 Å². The van der Waals surface area contributed by atoms with Crippen LogP contribution in [0, 0.1) is 5.92 Å². The lowest BCUT2D eigenvalue weighted by Gasteiger charge is -2.18. The van der Waals surface area contributed by atoms with E-state index < -0.39 is 6.10 Å². The van der Waals surface area contributed by atoms with Crippen molar-refractivity contribution in [2.45, 2.75) is 39.3 Å². The van der Waals surface area contributed by atoms with Crippen LogP contribution in [0.5, 0.6) is 0 Å². The van der Waals surface area contributed by atoms with Gasteiger partial charge in [0.05, 0.1) is 13.2 Å². The lowest BCUT2D eigenvalue weighted by molar-refractivity contribution is -0.143. The molecule has 14 heavy (non-hydrogen) atoms. The average molecular weight is 203 g/mol. The predicted octanol–water partition coefficient (Wildman–Crippen LogP) is 0.544. The van der Waals surface area contributed by atoms with E-state index in [4.69, 9.17) is 5.11 Å².